The third kappa shape index (κ3) is 4.54. The van der Waals surface area contributed by atoms with Crippen molar-refractivity contribution in [3.8, 4) is 17.1 Å². The molecule has 1 unspecified atom stereocenters. The Morgan fingerprint density at radius 1 is 1.16 bits per heavy atom. The number of nitrogens with zero attached hydrogens (tertiary/aromatic N) is 4. The zero-order chi connectivity index (χ0) is 22.0. The molecular formula is C22H31N5O4S. The number of hydrogen-bond donors (Lipinski definition) is 1. The van der Waals surface area contributed by atoms with E-state index < -0.39 is 10.0 Å². The van der Waals surface area contributed by atoms with Crippen molar-refractivity contribution in [2.45, 2.75) is 43.6 Å². The topological polar surface area (TPSA) is 98.6 Å². The quantitative estimate of drug-likeness (QED) is 0.674. The van der Waals surface area contributed by atoms with Crippen molar-refractivity contribution in [1.29, 1.82) is 0 Å². The summed E-state index contributed by atoms with van der Waals surface area (Å²) in [6.07, 6.45) is 8.52. The van der Waals surface area contributed by atoms with Crippen LogP contribution in [0.1, 0.15) is 38.3 Å². The molecule has 0 aliphatic carbocycles. The smallest absolute Gasteiger partial charge is 0.219 e. The molecule has 3 saturated heterocycles. The maximum absolute atomic E-state index is 12.7. The lowest BCUT2D eigenvalue weighted by molar-refractivity contribution is -0.0384. The zero-order valence-corrected chi connectivity index (χ0v) is 19.0. The van der Waals surface area contributed by atoms with Gasteiger partial charge in [-0.3, -0.25) is 4.98 Å². The van der Waals surface area contributed by atoms with E-state index in [0.29, 0.717) is 38.5 Å². The highest BCUT2D eigenvalue weighted by molar-refractivity contribution is 7.89. The Balaban J connectivity index is 1.18. The first-order valence-corrected chi connectivity index (χ1v) is 13.1. The van der Waals surface area contributed by atoms with Gasteiger partial charge in [-0.2, -0.15) is 5.10 Å². The number of ether oxygens (including phenoxy) is 2. The Kier molecular flexibility index (Phi) is 6.45. The minimum atomic E-state index is -3.20. The molecule has 5 heterocycles. The Hall–Kier alpha value is -2.01. The number of hydrogen-bond acceptors (Lipinski definition) is 7. The normalized spacial score (nSPS) is 25.4. The lowest BCUT2D eigenvalue weighted by Crippen LogP contribution is -2.57. The highest BCUT2D eigenvalue weighted by Crippen LogP contribution is 2.28. The molecule has 3 aliphatic heterocycles. The molecule has 9 nitrogen and oxygen atoms in total. The number of aromatic nitrogens is 3. The molecule has 5 rings (SSSR count). The lowest BCUT2D eigenvalue weighted by Gasteiger charge is -2.37. The molecule has 0 amide bonds. The molecule has 174 valence electrons. The summed E-state index contributed by atoms with van der Waals surface area (Å²) in [5.74, 6) is 0.882. The second-order valence-corrected chi connectivity index (χ2v) is 11.1. The Morgan fingerprint density at radius 3 is 2.78 bits per heavy atom. The van der Waals surface area contributed by atoms with E-state index in [1.54, 1.807) is 16.7 Å². The molecule has 1 N–H and O–H groups in total. The van der Waals surface area contributed by atoms with Crippen LogP contribution in [0, 0.1) is 5.92 Å². The maximum atomic E-state index is 12.7. The number of pyridine rings is 1. The molecule has 2 aromatic rings. The van der Waals surface area contributed by atoms with Gasteiger partial charge in [0.2, 0.25) is 10.0 Å². The number of piperidine rings is 1. The van der Waals surface area contributed by atoms with Crippen molar-refractivity contribution in [3.05, 3.63) is 30.6 Å². The van der Waals surface area contributed by atoms with Crippen LogP contribution in [0.3, 0.4) is 0 Å². The first-order valence-electron chi connectivity index (χ1n) is 11.6. The lowest BCUT2D eigenvalue weighted by atomic mass is 10.0. The van der Waals surface area contributed by atoms with Crippen LogP contribution in [-0.4, -0.2) is 72.1 Å². The van der Waals surface area contributed by atoms with Crippen LogP contribution < -0.4 is 10.1 Å². The van der Waals surface area contributed by atoms with E-state index in [2.05, 4.69) is 15.4 Å². The summed E-state index contributed by atoms with van der Waals surface area (Å²) in [5.41, 5.74) is 1.76. The van der Waals surface area contributed by atoms with Gasteiger partial charge in [-0.1, -0.05) is 0 Å². The van der Waals surface area contributed by atoms with Gasteiger partial charge < -0.3 is 14.8 Å². The Morgan fingerprint density at radius 2 is 2.06 bits per heavy atom. The molecule has 0 bridgehead atoms. The minimum absolute atomic E-state index is 0.0345. The molecule has 2 aromatic heterocycles. The molecule has 0 radical (unpaired) electrons. The monoisotopic (exact) mass is 461 g/mol. The van der Waals surface area contributed by atoms with Crippen LogP contribution in [0.2, 0.25) is 0 Å². The second-order valence-electron chi connectivity index (χ2n) is 8.86. The Bertz CT molecular complexity index is 1000. The SMILES string of the molecule is O=S(=O)(C1CNC1)N1CCC[C@H](COc2ccc(-c3ccnn3C3CCCCO3)nc2)C1. The molecule has 10 heteroatoms. The summed E-state index contributed by atoms with van der Waals surface area (Å²) in [5, 5.41) is 7.23. The molecule has 32 heavy (non-hydrogen) atoms. The number of sulfonamides is 1. The first-order chi connectivity index (χ1) is 15.6. The van der Waals surface area contributed by atoms with Crippen LogP contribution in [0.25, 0.3) is 11.4 Å². The van der Waals surface area contributed by atoms with E-state index in [0.717, 1.165) is 50.1 Å². The molecule has 0 saturated carbocycles. The van der Waals surface area contributed by atoms with E-state index in [1.807, 2.05) is 22.9 Å². The van der Waals surface area contributed by atoms with Crippen LogP contribution >= 0.6 is 0 Å². The predicted octanol–water partition coefficient (Wildman–Crippen LogP) is 2.04. The fourth-order valence-electron chi connectivity index (χ4n) is 4.57. The van der Waals surface area contributed by atoms with Crippen molar-refractivity contribution in [3.63, 3.8) is 0 Å². The van der Waals surface area contributed by atoms with Gasteiger partial charge in [0.05, 0.1) is 24.2 Å². The van der Waals surface area contributed by atoms with Crippen molar-refractivity contribution in [1.82, 2.24) is 24.4 Å². The summed E-state index contributed by atoms with van der Waals surface area (Å²) >= 11 is 0. The van der Waals surface area contributed by atoms with Gasteiger partial charge in [-0.15, -0.1) is 0 Å². The fourth-order valence-corrected chi connectivity index (χ4v) is 6.45. The molecule has 3 fully saturated rings. The van der Waals surface area contributed by atoms with Gasteiger partial charge in [0.1, 0.15) is 11.0 Å². The average Bonchev–Trinajstić information content (AvgIpc) is 3.27. The summed E-state index contributed by atoms with van der Waals surface area (Å²) < 4.78 is 40.8. The van der Waals surface area contributed by atoms with Crippen LogP contribution in [0.4, 0.5) is 0 Å². The van der Waals surface area contributed by atoms with Crippen LogP contribution in [0.15, 0.2) is 30.6 Å². The van der Waals surface area contributed by atoms with Crippen molar-refractivity contribution < 1.29 is 17.9 Å². The fraction of sp³-hybridized carbons (Fsp3) is 0.636. The summed E-state index contributed by atoms with van der Waals surface area (Å²) in [4.78, 5) is 4.58. The van der Waals surface area contributed by atoms with Crippen LogP contribution in [-0.2, 0) is 14.8 Å². The van der Waals surface area contributed by atoms with Gasteiger partial charge in [0, 0.05) is 44.9 Å². The largest absolute Gasteiger partial charge is 0.492 e. The van der Waals surface area contributed by atoms with Crippen molar-refractivity contribution in [2.75, 3.05) is 39.4 Å². The Labute approximate surface area is 189 Å². The van der Waals surface area contributed by atoms with Crippen LogP contribution in [0.5, 0.6) is 5.75 Å². The van der Waals surface area contributed by atoms with Gasteiger partial charge >= 0.3 is 0 Å². The highest BCUT2D eigenvalue weighted by atomic mass is 32.2. The van der Waals surface area contributed by atoms with E-state index in [1.165, 1.54) is 0 Å². The van der Waals surface area contributed by atoms with E-state index in [-0.39, 0.29) is 17.4 Å². The minimum Gasteiger partial charge on any atom is -0.492 e. The van der Waals surface area contributed by atoms with E-state index in [4.69, 9.17) is 9.47 Å². The maximum Gasteiger partial charge on any atom is 0.219 e. The summed E-state index contributed by atoms with van der Waals surface area (Å²) in [6.45, 7) is 3.52. The van der Waals surface area contributed by atoms with Gasteiger partial charge in [0.15, 0.2) is 6.23 Å². The first kappa shape index (κ1) is 21.8. The standard InChI is InChI=1S/C22H31N5O4S/c28-32(29,19-13-23-14-19)26-10-3-4-17(15-26)16-31-18-6-7-20(24-12-18)21-8-9-25-27(21)22-5-1-2-11-30-22/h6-9,12,17,19,22-23H,1-5,10-11,13-16H2/t17-,22?/m0/s1. The molecule has 0 spiro atoms. The predicted molar refractivity (Wildman–Crippen MR) is 120 cm³/mol. The molecule has 2 atom stereocenters. The van der Waals surface area contributed by atoms with E-state index >= 15 is 0 Å². The van der Waals surface area contributed by atoms with Gasteiger partial charge in [0.25, 0.3) is 0 Å². The molecule has 0 aromatic carbocycles. The molecular weight excluding hydrogens is 430 g/mol. The zero-order valence-electron chi connectivity index (χ0n) is 18.2. The number of nitrogens with one attached hydrogen (secondary N) is 1. The molecule has 3 aliphatic rings. The van der Waals surface area contributed by atoms with Gasteiger partial charge in [-0.25, -0.2) is 17.4 Å². The second kappa shape index (κ2) is 9.46. The van der Waals surface area contributed by atoms with Crippen molar-refractivity contribution >= 4 is 10.0 Å². The third-order valence-electron chi connectivity index (χ3n) is 6.59. The average molecular weight is 462 g/mol. The van der Waals surface area contributed by atoms with Crippen molar-refractivity contribution in [2.24, 2.45) is 5.92 Å². The van der Waals surface area contributed by atoms with E-state index in [9.17, 15) is 8.42 Å². The highest BCUT2D eigenvalue weighted by Gasteiger charge is 2.38. The number of rotatable bonds is 7. The third-order valence-corrected chi connectivity index (χ3v) is 8.82. The summed E-state index contributed by atoms with van der Waals surface area (Å²) in [7, 11) is -3.20. The van der Waals surface area contributed by atoms with Gasteiger partial charge in [-0.05, 0) is 50.3 Å². The summed E-state index contributed by atoms with van der Waals surface area (Å²) in [6, 6.07) is 5.81.